The minimum Gasteiger partial charge on any atom is -0.379 e. The van der Waals surface area contributed by atoms with Gasteiger partial charge in [0.25, 0.3) is 5.56 Å². The number of halogens is 2. The number of nitrogens with one attached hydrogen (secondary N) is 1. The van der Waals surface area contributed by atoms with Gasteiger partial charge in [-0.3, -0.25) is 9.36 Å². The van der Waals surface area contributed by atoms with Crippen molar-refractivity contribution in [3.05, 3.63) is 61.6 Å². The van der Waals surface area contributed by atoms with Gasteiger partial charge in [0.2, 0.25) is 0 Å². The monoisotopic (exact) mass is 297 g/mol. The molecular weight excluding hydrogens is 285 g/mol. The van der Waals surface area contributed by atoms with E-state index in [0.717, 1.165) is 4.57 Å². The summed E-state index contributed by atoms with van der Waals surface area (Å²) in [7, 11) is 2.96. The number of benzene rings is 1. The quantitative estimate of drug-likeness (QED) is 0.934. The van der Waals surface area contributed by atoms with Crippen LogP contribution in [0.4, 0.5) is 10.1 Å². The lowest BCUT2D eigenvalue weighted by atomic mass is 10.2. The summed E-state index contributed by atoms with van der Waals surface area (Å²) in [6.07, 6.45) is 1.45. The zero-order valence-corrected chi connectivity index (χ0v) is 11.7. The molecule has 5 nitrogen and oxygen atoms in total. The Balaban J connectivity index is 2.30. The van der Waals surface area contributed by atoms with E-state index in [4.69, 9.17) is 11.6 Å². The van der Waals surface area contributed by atoms with E-state index in [0.29, 0.717) is 16.3 Å². The topological polar surface area (TPSA) is 56.0 Å². The van der Waals surface area contributed by atoms with E-state index in [-0.39, 0.29) is 6.54 Å². The van der Waals surface area contributed by atoms with Crippen molar-refractivity contribution in [1.29, 1.82) is 0 Å². The van der Waals surface area contributed by atoms with Crippen molar-refractivity contribution in [2.75, 3.05) is 5.32 Å². The lowest BCUT2D eigenvalue weighted by Gasteiger charge is -2.10. The Morgan fingerprint density at radius 2 is 2.00 bits per heavy atom. The van der Waals surface area contributed by atoms with Gasteiger partial charge >= 0.3 is 5.69 Å². The normalized spacial score (nSPS) is 10.6. The predicted molar refractivity (Wildman–Crippen MR) is 75.7 cm³/mol. The number of anilines is 1. The standard InChI is InChI=1S/C13H13ClFN3O2/c1-17-7-8(12(19)18(2)13(17)20)6-16-11-5-9(15)3-4-10(11)14/h3-5,7,16H,6H2,1-2H3. The molecule has 0 bridgehead atoms. The van der Waals surface area contributed by atoms with Gasteiger partial charge in [-0.2, -0.15) is 0 Å². The lowest BCUT2D eigenvalue weighted by molar-refractivity contribution is 0.628. The number of rotatable bonds is 3. The first-order chi connectivity index (χ1) is 9.40. The van der Waals surface area contributed by atoms with Crippen molar-refractivity contribution >= 4 is 17.3 Å². The molecule has 0 atom stereocenters. The Kier molecular flexibility index (Phi) is 3.94. The van der Waals surface area contributed by atoms with Crippen molar-refractivity contribution in [3.8, 4) is 0 Å². The maximum Gasteiger partial charge on any atom is 0.330 e. The zero-order valence-electron chi connectivity index (χ0n) is 11.0. The van der Waals surface area contributed by atoms with E-state index in [1.54, 1.807) is 7.05 Å². The summed E-state index contributed by atoms with van der Waals surface area (Å²) < 4.78 is 15.5. The maximum atomic E-state index is 13.1. The first-order valence-corrected chi connectivity index (χ1v) is 6.22. The SMILES string of the molecule is Cn1cc(CNc2cc(F)ccc2Cl)c(=O)n(C)c1=O. The summed E-state index contributed by atoms with van der Waals surface area (Å²) in [6.45, 7) is 0.143. The molecule has 106 valence electrons. The minimum atomic E-state index is -0.426. The second-order valence-electron chi connectivity index (χ2n) is 4.39. The molecule has 0 saturated heterocycles. The van der Waals surface area contributed by atoms with Gasteiger partial charge in [-0.25, -0.2) is 9.18 Å². The second-order valence-corrected chi connectivity index (χ2v) is 4.80. The molecule has 7 heteroatoms. The van der Waals surface area contributed by atoms with Gasteiger partial charge in [0.05, 0.1) is 16.3 Å². The number of nitrogens with zero attached hydrogens (tertiary/aromatic N) is 2. The average Bonchev–Trinajstić information content (AvgIpc) is 2.42. The zero-order chi connectivity index (χ0) is 14.9. The molecule has 1 aromatic heterocycles. The Morgan fingerprint density at radius 1 is 1.30 bits per heavy atom. The number of aryl methyl sites for hydroxylation is 1. The third kappa shape index (κ3) is 2.75. The fourth-order valence-corrected chi connectivity index (χ4v) is 2.01. The highest BCUT2D eigenvalue weighted by Crippen LogP contribution is 2.22. The van der Waals surface area contributed by atoms with E-state index in [2.05, 4.69) is 5.32 Å². The molecule has 0 fully saturated rings. The molecule has 1 N–H and O–H groups in total. The van der Waals surface area contributed by atoms with E-state index in [1.165, 1.54) is 36.0 Å². The van der Waals surface area contributed by atoms with Crippen LogP contribution in [-0.4, -0.2) is 9.13 Å². The summed E-state index contributed by atoms with van der Waals surface area (Å²) >= 11 is 5.92. The molecule has 2 aromatic rings. The molecule has 0 saturated carbocycles. The van der Waals surface area contributed by atoms with Crippen LogP contribution >= 0.6 is 11.6 Å². The van der Waals surface area contributed by atoms with E-state index >= 15 is 0 Å². The fourth-order valence-electron chi connectivity index (χ4n) is 1.83. The fraction of sp³-hybridized carbons (Fsp3) is 0.231. The maximum absolute atomic E-state index is 13.1. The van der Waals surface area contributed by atoms with Crippen LogP contribution in [0.15, 0.2) is 34.0 Å². The van der Waals surface area contributed by atoms with Crippen LogP contribution in [0.3, 0.4) is 0 Å². The van der Waals surface area contributed by atoms with Gasteiger partial charge in [-0.1, -0.05) is 11.6 Å². The van der Waals surface area contributed by atoms with Crippen molar-refractivity contribution in [3.63, 3.8) is 0 Å². The Labute approximate surface area is 119 Å². The smallest absolute Gasteiger partial charge is 0.330 e. The highest BCUT2D eigenvalue weighted by atomic mass is 35.5. The van der Waals surface area contributed by atoms with Gasteiger partial charge in [0.15, 0.2) is 0 Å². The van der Waals surface area contributed by atoms with Gasteiger partial charge in [0.1, 0.15) is 5.82 Å². The van der Waals surface area contributed by atoms with E-state index < -0.39 is 17.1 Å². The summed E-state index contributed by atoms with van der Waals surface area (Å²) in [5.41, 5.74) is -0.0202. The third-order valence-electron chi connectivity index (χ3n) is 2.92. The van der Waals surface area contributed by atoms with E-state index in [1.807, 2.05) is 0 Å². The molecule has 2 rings (SSSR count). The predicted octanol–water partition coefficient (Wildman–Crippen LogP) is 1.49. The van der Waals surface area contributed by atoms with Crippen molar-refractivity contribution in [2.24, 2.45) is 14.1 Å². The number of hydrogen-bond donors (Lipinski definition) is 1. The number of aromatic nitrogens is 2. The highest BCUT2D eigenvalue weighted by Gasteiger charge is 2.08. The Hall–Kier alpha value is -2.08. The molecule has 20 heavy (non-hydrogen) atoms. The van der Waals surface area contributed by atoms with Crippen molar-refractivity contribution < 1.29 is 4.39 Å². The first-order valence-electron chi connectivity index (χ1n) is 5.84. The molecular formula is C13H13ClFN3O2. The van der Waals surface area contributed by atoms with Gasteiger partial charge < -0.3 is 9.88 Å². The van der Waals surface area contributed by atoms with E-state index in [9.17, 15) is 14.0 Å². The molecule has 0 aliphatic rings. The van der Waals surface area contributed by atoms with Crippen LogP contribution in [0.2, 0.25) is 5.02 Å². The van der Waals surface area contributed by atoms with Crippen LogP contribution in [0.5, 0.6) is 0 Å². The van der Waals surface area contributed by atoms with Crippen molar-refractivity contribution in [2.45, 2.75) is 6.54 Å². The third-order valence-corrected chi connectivity index (χ3v) is 3.24. The summed E-state index contributed by atoms with van der Waals surface area (Å²) in [5.74, 6) is -0.426. The minimum absolute atomic E-state index is 0.143. The Morgan fingerprint density at radius 3 is 2.70 bits per heavy atom. The van der Waals surface area contributed by atoms with Crippen LogP contribution in [0.25, 0.3) is 0 Å². The molecule has 0 unspecified atom stereocenters. The molecule has 0 aliphatic heterocycles. The van der Waals surface area contributed by atoms with Crippen molar-refractivity contribution in [1.82, 2.24) is 9.13 Å². The largest absolute Gasteiger partial charge is 0.379 e. The summed E-state index contributed by atoms with van der Waals surface area (Å²) in [4.78, 5) is 23.5. The molecule has 0 spiro atoms. The lowest BCUT2D eigenvalue weighted by Crippen LogP contribution is -2.38. The summed E-state index contributed by atoms with van der Waals surface area (Å²) in [6, 6.07) is 3.92. The van der Waals surface area contributed by atoms with Gasteiger partial charge in [-0.15, -0.1) is 0 Å². The molecule has 1 aromatic carbocycles. The van der Waals surface area contributed by atoms with Gasteiger partial charge in [0, 0.05) is 26.8 Å². The van der Waals surface area contributed by atoms with Crippen LogP contribution in [-0.2, 0) is 20.6 Å². The number of hydrogen-bond acceptors (Lipinski definition) is 3. The van der Waals surface area contributed by atoms with Gasteiger partial charge in [-0.05, 0) is 18.2 Å². The summed E-state index contributed by atoms with van der Waals surface area (Å²) in [5, 5.41) is 3.24. The average molecular weight is 298 g/mol. The van der Waals surface area contributed by atoms with Crippen LogP contribution < -0.4 is 16.6 Å². The molecule has 0 amide bonds. The Bertz CT molecular complexity index is 767. The highest BCUT2D eigenvalue weighted by molar-refractivity contribution is 6.33. The van der Waals surface area contributed by atoms with Crippen LogP contribution in [0.1, 0.15) is 5.56 Å². The molecule has 1 heterocycles. The molecule has 0 radical (unpaired) electrons. The van der Waals surface area contributed by atoms with Crippen LogP contribution in [0, 0.1) is 5.82 Å². The second kappa shape index (κ2) is 5.50. The molecule has 0 aliphatic carbocycles. The first kappa shape index (κ1) is 14.3.